The van der Waals surface area contributed by atoms with Crippen molar-refractivity contribution in [2.75, 3.05) is 12.0 Å². The number of carbonyl (C=O) groups is 4. The van der Waals surface area contributed by atoms with Crippen LogP contribution in [-0.2, 0) is 25.7 Å². The Labute approximate surface area is 226 Å². The van der Waals surface area contributed by atoms with Crippen molar-refractivity contribution in [3.8, 4) is 0 Å². The highest BCUT2D eigenvalue weighted by Crippen LogP contribution is 2.18. The van der Waals surface area contributed by atoms with Crippen LogP contribution in [0.1, 0.15) is 49.8 Å². The fourth-order valence-electron chi connectivity index (χ4n) is 3.23. The standard InChI is InChI=1S/C26H34N4O5S2/c1-15(2)23-26(34)35-19(9-7-8-10-37-16(3)4)12-22(31)27-14-18-11-20(36-6)13-21(29-18)25(33)28-17(5)24(32)30-23/h7,9,11,13,15,19,23H,3,5,8,10,12,14H2,1-2,4,6H3,(H,27,31)(H,28,33)(H,30,32)/b9-7+/t19-,23+/m1/s1. The molecule has 0 saturated carbocycles. The fraction of sp³-hybridized carbons (Fsp3) is 0.423. The molecular formula is C26H34N4O5S2. The Morgan fingerprint density at radius 3 is 2.62 bits per heavy atom. The second kappa shape index (κ2) is 14.6. The van der Waals surface area contributed by atoms with Gasteiger partial charge in [-0.05, 0) is 48.6 Å². The SMILES string of the molecule is C=C(C)SCC/C=C/[C@@H]1CC(=O)NCc2cc(SC)cc(n2)C(=O)NC(=C)C(=O)N[C@@H](C(C)C)C(=O)O1. The molecule has 0 aromatic carbocycles. The summed E-state index contributed by atoms with van der Waals surface area (Å²) < 4.78 is 5.65. The third kappa shape index (κ3) is 10.1. The molecule has 0 unspecified atom stereocenters. The lowest BCUT2D eigenvalue weighted by atomic mass is 10.0. The van der Waals surface area contributed by atoms with Crippen LogP contribution in [0.2, 0.25) is 0 Å². The zero-order valence-electron chi connectivity index (χ0n) is 21.6. The third-order valence-corrected chi connectivity index (χ3v) is 6.81. The van der Waals surface area contributed by atoms with Crippen molar-refractivity contribution in [2.24, 2.45) is 5.92 Å². The Hall–Kier alpha value is -3.05. The minimum absolute atomic E-state index is 0.0726. The van der Waals surface area contributed by atoms with Crippen molar-refractivity contribution >= 4 is 47.2 Å². The van der Waals surface area contributed by atoms with Crippen molar-refractivity contribution in [1.29, 1.82) is 0 Å². The van der Waals surface area contributed by atoms with Crippen LogP contribution in [0, 0.1) is 5.92 Å². The van der Waals surface area contributed by atoms with Crippen LogP contribution >= 0.6 is 23.5 Å². The first kappa shape index (κ1) is 30.2. The van der Waals surface area contributed by atoms with E-state index >= 15 is 0 Å². The van der Waals surface area contributed by atoms with Crippen molar-refractivity contribution in [1.82, 2.24) is 20.9 Å². The van der Waals surface area contributed by atoms with Crippen molar-refractivity contribution in [3.63, 3.8) is 0 Å². The molecule has 1 aromatic rings. The summed E-state index contributed by atoms with van der Waals surface area (Å²) in [6, 6.07) is 2.33. The molecule has 37 heavy (non-hydrogen) atoms. The number of hydrogen-bond acceptors (Lipinski definition) is 8. The van der Waals surface area contributed by atoms with Gasteiger partial charge >= 0.3 is 5.97 Å². The van der Waals surface area contributed by atoms with E-state index in [2.05, 4.69) is 34.1 Å². The molecule has 1 aliphatic heterocycles. The number of hydrogen-bond donors (Lipinski definition) is 3. The van der Waals surface area contributed by atoms with Gasteiger partial charge in [-0.3, -0.25) is 14.4 Å². The maximum Gasteiger partial charge on any atom is 0.329 e. The molecule has 9 nitrogen and oxygen atoms in total. The molecule has 0 radical (unpaired) electrons. The van der Waals surface area contributed by atoms with Crippen LogP contribution in [0.3, 0.4) is 0 Å². The van der Waals surface area contributed by atoms with E-state index < -0.39 is 29.9 Å². The molecule has 1 aliphatic rings. The van der Waals surface area contributed by atoms with Crippen molar-refractivity contribution < 1.29 is 23.9 Å². The maximum atomic E-state index is 13.0. The molecule has 1 aromatic heterocycles. The number of ether oxygens (including phenoxy) is 1. The van der Waals surface area contributed by atoms with E-state index in [1.165, 1.54) is 11.8 Å². The summed E-state index contributed by atoms with van der Waals surface area (Å²) in [6.45, 7) is 13.0. The zero-order chi connectivity index (χ0) is 27.5. The lowest BCUT2D eigenvalue weighted by Crippen LogP contribution is -2.48. The summed E-state index contributed by atoms with van der Waals surface area (Å²) in [5, 5.41) is 7.79. The summed E-state index contributed by atoms with van der Waals surface area (Å²) in [5.74, 6) is -1.92. The summed E-state index contributed by atoms with van der Waals surface area (Å²) in [6.07, 6.45) is 5.14. The highest BCUT2D eigenvalue weighted by Gasteiger charge is 2.29. The smallest absolute Gasteiger partial charge is 0.329 e. The topological polar surface area (TPSA) is 126 Å². The predicted molar refractivity (Wildman–Crippen MR) is 147 cm³/mol. The molecule has 2 rings (SSSR count). The molecule has 2 atom stereocenters. The van der Waals surface area contributed by atoms with E-state index in [0.29, 0.717) is 12.1 Å². The second-order valence-corrected chi connectivity index (χ2v) is 11.0. The van der Waals surface area contributed by atoms with Gasteiger partial charge in [-0.25, -0.2) is 9.78 Å². The van der Waals surface area contributed by atoms with Crippen LogP contribution in [0.5, 0.6) is 0 Å². The minimum atomic E-state index is -1.02. The van der Waals surface area contributed by atoms with Gasteiger partial charge in [0, 0.05) is 10.6 Å². The Morgan fingerprint density at radius 1 is 1.24 bits per heavy atom. The van der Waals surface area contributed by atoms with Gasteiger partial charge in [0.05, 0.1) is 24.4 Å². The van der Waals surface area contributed by atoms with Gasteiger partial charge in [0.2, 0.25) is 5.91 Å². The molecule has 2 bridgehead atoms. The number of thioether (sulfide) groups is 2. The largest absolute Gasteiger partial charge is 0.456 e. The van der Waals surface area contributed by atoms with E-state index in [1.54, 1.807) is 43.8 Å². The molecule has 0 saturated heterocycles. The zero-order valence-corrected chi connectivity index (χ0v) is 23.2. The van der Waals surface area contributed by atoms with E-state index in [-0.39, 0.29) is 36.2 Å². The van der Waals surface area contributed by atoms with E-state index in [0.717, 1.165) is 15.6 Å². The summed E-state index contributed by atoms with van der Waals surface area (Å²) in [7, 11) is 0. The number of allylic oxidation sites excluding steroid dienone is 2. The van der Waals surface area contributed by atoms with Crippen LogP contribution in [-0.4, -0.2) is 52.8 Å². The minimum Gasteiger partial charge on any atom is -0.456 e. The van der Waals surface area contributed by atoms with Gasteiger partial charge in [0.25, 0.3) is 11.8 Å². The van der Waals surface area contributed by atoms with E-state index in [4.69, 9.17) is 4.74 Å². The van der Waals surface area contributed by atoms with Gasteiger partial charge in [0.15, 0.2) is 0 Å². The molecule has 0 aliphatic carbocycles. The first-order valence-electron chi connectivity index (χ1n) is 11.8. The number of nitrogens with one attached hydrogen (secondary N) is 3. The Bertz CT molecular complexity index is 1090. The number of pyridine rings is 1. The number of amides is 3. The molecule has 3 N–H and O–H groups in total. The normalized spacial score (nSPS) is 19.9. The first-order chi connectivity index (χ1) is 17.5. The first-order valence-corrected chi connectivity index (χ1v) is 14.0. The summed E-state index contributed by atoms with van der Waals surface area (Å²) in [5.41, 5.74) is 0.312. The summed E-state index contributed by atoms with van der Waals surface area (Å²) >= 11 is 3.03. The molecule has 2 heterocycles. The van der Waals surface area contributed by atoms with Gasteiger partial charge in [-0.2, -0.15) is 0 Å². The summed E-state index contributed by atoms with van der Waals surface area (Å²) in [4.78, 5) is 57.4. The highest BCUT2D eigenvalue weighted by molar-refractivity contribution is 8.03. The number of rotatable bonds is 7. The molecule has 0 spiro atoms. The van der Waals surface area contributed by atoms with Crippen molar-refractivity contribution in [3.05, 3.63) is 59.4 Å². The molecular weight excluding hydrogens is 512 g/mol. The maximum absolute atomic E-state index is 13.0. The van der Waals surface area contributed by atoms with E-state index in [1.807, 2.05) is 19.3 Å². The number of cyclic esters (lactones) is 1. The number of aromatic nitrogens is 1. The molecule has 200 valence electrons. The van der Waals surface area contributed by atoms with Gasteiger partial charge in [0.1, 0.15) is 17.8 Å². The molecule has 3 amide bonds. The lowest BCUT2D eigenvalue weighted by Gasteiger charge is -2.24. The Balaban J connectivity index is 2.35. The van der Waals surface area contributed by atoms with Crippen LogP contribution in [0.4, 0.5) is 0 Å². The van der Waals surface area contributed by atoms with Gasteiger partial charge in [-0.1, -0.05) is 33.1 Å². The number of carbonyl (C=O) groups excluding carboxylic acids is 4. The second-order valence-electron chi connectivity index (χ2n) is 8.73. The lowest BCUT2D eigenvalue weighted by molar-refractivity contribution is -0.153. The van der Waals surface area contributed by atoms with E-state index in [9.17, 15) is 19.2 Å². The van der Waals surface area contributed by atoms with Gasteiger partial charge in [-0.15, -0.1) is 23.5 Å². The fourth-order valence-corrected chi connectivity index (χ4v) is 4.32. The molecule has 0 fully saturated rings. The van der Waals surface area contributed by atoms with Crippen LogP contribution in [0.25, 0.3) is 0 Å². The average molecular weight is 547 g/mol. The quantitative estimate of drug-likeness (QED) is 0.156. The van der Waals surface area contributed by atoms with Gasteiger partial charge < -0.3 is 20.7 Å². The number of nitrogens with zero attached hydrogens (tertiary/aromatic N) is 1. The van der Waals surface area contributed by atoms with Crippen LogP contribution < -0.4 is 16.0 Å². The average Bonchev–Trinajstić information content (AvgIpc) is 2.84. The highest BCUT2D eigenvalue weighted by atomic mass is 32.2. The predicted octanol–water partition coefficient (Wildman–Crippen LogP) is 3.33. The van der Waals surface area contributed by atoms with Crippen LogP contribution in [0.15, 0.2) is 52.9 Å². The Kier molecular flexibility index (Phi) is 11.9. The van der Waals surface area contributed by atoms with Crippen molar-refractivity contribution in [2.45, 2.75) is 57.2 Å². The Morgan fingerprint density at radius 2 is 1.97 bits per heavy atom. The number of esters is 1. The number of fused-ring (bicyclic) bond motifs is 2. The monoisotopic (exact) mass is 546 g/mol. The molecule has 11 heteroatoms. The third-order valence-electron chi connectivity index (χ3n) is 5.17.